The summed E-state index contributed by atoms with van der Waals surface area (Å²) in [5, 5.41) is 10.8. The standard InChI is InChI=1S/C23H23N5O4S/c1-27(2)33(30,31)19-13-14-20-21(15-19)28(26-25-20)32-16-22(29)24-23(17-9-5-3-6-10-17)18-11-7-4-8-12-18/h3-15,23H,16H2,1-2H3,(H,24,29). The maximum absolute atomic E-state index is 12.7. The Labute approximate surface area is 191 Å². The summed E-state index contributed by atoms with van der Waals surface area (Å²) >= 11 is 0. The zero-order chi connectivity index (χ0) is 23.4. The van der Waals surface area contributed by atoms with E-state index in [1.54, 1.807) is 6.07 Å². The van der Waals surface area contributed by atoms with Gasteiger partial charge in [0.1, 0.15) is 11.0 Å². The second-order valence-corrected chi connectivity index (χ2v) is 9.65. The number of carbonyl (C=O) groups excluding carboxylic acids is 1. The van der Waals surface area contributed by atoms with Crippen molar-refractivity contribution in [1.29, 1.82) is 0 Å². The molecule has 4 rings (SSSR count). The average Bonchev–Trinajstić information content (AvgIpc) is 3.24. The fraction of sp³-hybridized carbons (Fsp3) is 0.174. The van der Waals surface area contributed by atoms with Crippen LogP contribution in [-0.2, 0) is 14.8 Å². The minimum atomic E-state index is -3.64. The van der Waals surface area contributed by atoms with Crippen molar-refractivity contribution in [2.24, 2.45) is 0 Å². The van der Waals surface area contributed by atoms with Gasteiger partial charge in [0.15, 0.2) is 6.61 Å². The molecule has 1 heterocycles. The maximum Gasteiger partial charge on any atom is 0.261 e. The number of carbonyl (C=O) groups is 1. The second-order valence-electron chi connectivity index (χ2n) is 7.50. The highest BCUT2D eigenvalue weighted by molar-refractivity contribution is 7.89. The first-order valence-electron chi connectivity index (χ1n) is 10.2. The third kappa shape index (κ3) is 4.86. The molecule has 170 valence electrons. The number of sulfonamides is 1. The molecule has 0 spiro atoms. The van der Waals surface area contributed by atoms with Crippen LogP contribution in [0, 0.1) is 0 Å². The molecule has 0 radical (unpaired) electrons. The van der Waals surface area contributed by atoms with Gasteiger partial charge in [-0.1, -0.05) is 65.5 Å². The maximum atomic E-state index is 12.7. The van der Waals surface area contributed by atoms with Gasteiger partial charge >= 0.3 is 0 Å². The van der Waals surface area contributed by atoms with Crippen molar-refractivity contribution in [3.05, 3.63) is 90.0 Å². The van der Waals surface area contributed by atoms with E-state index in [-0.39, 0.29) is 23.5 Å². The number of rotatable bonds is 8. The molecule has 10 heteroatoms. The van der Waals surface area contributed by atoms with Gasteiger partial charge in [0.05, 0.1) is 10.9 Å². The molecule has 0 atom stereocenters. The van der Waals surface area contributed by atoms with Gasteiger partial charge < -0.3 is 10.2 Å². The minimum Gasteiger partial charge on any atom is -0.385 e. The Hall–Kier alpha value is -3.76. The molecular weight excluding hydrogens is 442 g/mol. The van der Waals surface area contributed by atoms with Crippen molar-refractivity contribution >= 4 is 27.0 Å². The number of hydrogen-bond donors (Lipinski definition) is 1. The Balaban J connectivity index is 1.52. The topological polar surface area (TPSA) is 106 Å². The quantitative estimate of drug-likeness (QED) is 0.427. The molecule has 0 aliphatic carbocycles. The van der Waals surface area contributed by atoms with E-state index in [9.17, 15) is 13.2 Å². The fourth-order valence-electron chi connectivity index (χ4n) is 3.32. The Morgan fingerprint density at radius 1 is 1.00 bits per heavy atom. The molecule has 0 fully saturated rings. The largest absolute Gasteiger partial charge is 0.385 e. The molecule has 0 unspecified atom stereocenters. The summed E-state index contributed by atoms with van der Waals surface area (Å²) in [6, 6.07) is 23.3. The molecule has 0 aliphatic heterocycles. The number of fused-ring (bicyclic) bond motifs is 1. The van der Waals surface area contributed by atoms with Crippen LogP contribution in [0.2, 0.25) is 0 Å². The Bertz CT molecular complexity index is 1320. The van der Waals surface area contributed by atoms with E-state index in [1.807, 2.05) is 60.7 Å². The number of amides is 1. The normalized spacial score (nSPS) is 11.8. The van der Waals surface area contributed by atoms with E-state index in [1.165, 1.54) is 26.2 Å². The molecule has 0 bridgehead atoms. The number of aromatic nitrogens is 3. The van der Waals surface area contributed by atoms with Crippen molar-refractivity contribution in [2.75, 3.05) is 20.7 Å². The third-order valence-electron chi connectivity index (χ3n) is 5.05. The van der Waals surface area contributed by atoms with Crippen LogP contribution in [0.5, 0.6) is 0 Å². The van der Waals surface area contributed by atoms with Crippen molar-refractivity contribution in [2.45, 2.75) is 10.9 Å². The molecule has 4 aromatic rings. The van der Waals surface area contributed by atoms with E-state index in [2.05, 4.69) is 15.6 Å². The van der Waals surface area contributed by atoms with Crippen LogP contribution in [0.15, 0.2) is 83.8 Å². The van der Waals surface area contributed by atoms with Crippen LogP contribution < -0.4 is 10.2 Å². The van der Waals surface area contributed by atoms with E-state index < -0.39 is 10.0 Å². The van der Waals surface area contributed by atoms with Gasteiger partial charge in [-0.15, -0.1) is 5.10 Å². The number of nitrogens with one attached hydrogen (secondary N) is 1. The average molecular weight is 466 g/mol. The molecule has 0 saturated carbocycles. The molecule has 9 nitrogen and oxygen atoms in total. The minimum absolute atomic E-state index is 0.0739. The molecule has 0 aliphatic rings. The van der Waals surface area contributed by atoms with Crippen molar-refractivity contribution in [3.8, 4) is 0 Å². The highest BCUT2D eigenvalue weighted by Crippen LogP contribution is 2.22. The van der Waals surface area contributed by atoms with Crippen LogP contribution in [-0.4, -0.2) is 54.5 Å². The summed E-state index contributed by atoms with van der Waals surface area (Å²) in [6.45, 7) is -0.334. The van der Waals surface area contributed by atoms with Crippen LogP contribution in [0.25, 0.3) is 11.0 Å². The molecule has 1 amide bonds. The summed E-state index contributed by atoms with van der Waals surface area (Å²) in [4.78, 5) is 19.4. The Morgan fingerprint density at radius 3 is 2.18 bits per heavy atom. The van der Waals surface area contributed by atoms with Crippen molar-refractivity contribution in [3.63, 3.8) is 0 Å². The van der Waals surface area contributed by atoms with E-state index in [0.717, 1.165) is 20.3 Å². The first-order chi connectivity index (χ1) is 15.9. The van der Waals surface area contributed by atoms with Gasteiger partial charge in [-0.05, 0) is 34.5 Å². The SMILES string of the molecule is CN(C)S(=O)(=O)c1ccc2nnn(OCC(=O)NC(c3ccccc3)c3ccccc3)c2c1. The highest BCUT2D eigenvalue weighted by Gasteiger charge is 2.20. The molecule has 1 aromatic heterocycles. The summed E-state index contributed by atoms with van der Waals surface area (Å²) in [6.07, 6.45) is 0. The van der Waals surface area contributed by atoms with Gasteiger partial charge in [-0.2, -0.15) is 0 Å². The van der Waals surface area contributed by atoms with Crippen molar-refractivity contribution in [1.82, 2.24) is 24.8 Å². The lowest BCUT2D eigenvalue weighted by Gasteiger charge is -2.20. The first-order valence-corrected chi connectivity index (χ1v) is 11.6. The summed E-state index contributed by atoms with van der Waals surface area (Å²) in [5.41, 5.74) is 2.65. The van der Waals surface area contributed by atoms with Crippen LogP contribution in [0.3, 0.4) is 0 Å². The summed E-state index contributed by atoms with van der Waals surface area (Å²) in [7, 11) is -0.741. The van der Waals surface area contributed by atoms with Gasteiger partial charge in [0.25, 0.3) is 5.91 Å². The Morgan fingerprint density at radius 2 is 1.61 bits per heavy atom. The van der Waals surface area contributed by atoms with Gasteiger partial charge in [0.2, 0.25) is 10.0 Å². The van der Waals surface area contributed by atoms with E-state index in [4.69, 9.17) is 4.84 Å². The predicted molar refractivity (Wildman–Crippen MR) is 123 cm³/mol. The smallest absolute Gasteiger partial charge is 0.261 e. The number of nitrogens with zero attached hydrogens (tertiary/aromatic N) is 4. The van der Waals surface area contributed by atoms with E-state index >= 15 is 0 Å². The number of hydrogen-bond acceptors (Lipinski definition) is 6. The first kappa shape index (κ1) is 22.4. The third-order valence-corrected chi connectivity index (χ3v) is 6.87. The van der Waals surface area contributed by atoms with Gasteiger partial charge in [-0.25, -0.2) is 12.7 Å². The van der Waals surface area contributed by atoms with Crippen LogP contribution in [0.1, 0.15) is 17.2 Å². The molecular formula is C23H23N5O4S. The lowest BCUT2D eigenvalue weighted by atomic mass is 9.99. The number of benzene rings is 3. The van der Waals surface area contributed by atoms with Gasteiger partial charge in [-0.3, -0.25) is 4.79 Å². The monoisotopic (exact) mass is 465 g/mol. The molecule has 3 aromatic carbocycles. The van der Waals surface area contributed by atoms with Crippen LogP contribution >= 0.6 is 0 Å². The molecule has 1 N–H and O–H groups in total. The lowest BCUT2D eigenvalue weighted by molar-refractivity contribution is -0.126. The zero-order valence-corrected chi connectivity index (χ0v) is 18.9. The Kier molecular flexibility index (Phi) is 6.38. The molecule has 0 saturated heterocycles. The predicted octanol–water partition coefficient (Wildman–Crippen LogP) is 2.02. The summed E-state index contributed by atoms with van der Waals surface area (Å²) in [5.74, 6) is -0.367. The van der Waals surface area contributed by atoms with Crippen molar-refractivity contribution < 1.29 is 18.0 Å². The molecule has 33 heavy (non-hydrogen) atoms. The van der Waals surface area contributed by atoms with Gasteiger partial charge in [0, 0.05) is 14.1 Å². The second kappa shape index (κ2) is 9.39. The fourth-order valence-corrected chi connectivity index (χ4v) is 4.24. The summed E-state index contributed by atoms with van der Waals surface area (Å²) < 4.78 is 26.0. The van der Waals surface area contributed by atoms with Crippen LogP contribution in [0.4, 0.5) is 0 Å². The van der Waals surface area contributed by atoms with E-state index in [0.29, 0.717) is 11.0 Å². The lowest BCUT2D eigenvalue weighted by Crippen LogP contribution is -2.35. The zero-order valence-electron chi connectivity index (χ0n) is 18.1. The highest BCUT2D eigenvalue weighted by atomic mass is 32.2.